The van der Waals surface area contributed by atoms with Crippen LogP contribution in [0.2, 0.25) is 0 Å². The van der Waals surface area contributed by atoms with Crippen LogP contribution in [0.15, 0.2) is 24.3 Å². The Morgan fingerprint density at radius 2 is 2.00 bits per heavy atom. The second-order valence-electron chi connectivity index (χ2n) is 5.24. The van der Waals surface area contributed by atoms with Gasteiger partial charge >= 0.3 is 0 Å². The fraction of sp³-hybridized carbons (Fsp3) is 0.600. The first-order valence-corrected chi connectivity index (χ1v) is 6.86. The Labute approximate surface area is 108 Å². The third-order valence-electron chi connectivity index (χ3n) is 3.87. The predicted molar refractivity (Wildman–Crippen MR) is 70.8 cm³/mol. The highest BCUT2D eigenvalue weighted by molar-refractivity contribution is 5.25. The summed E-state index contributed by atoms with van der Waals surface area (Å²) in [6.45, 7) is 3.16. The van der Waals surface area contributed by atoms with Gasteiger partial charge in [-0.15, -0.1) is 0 Å². The molecule has 1 aromatic rings. The highest BCUT2D eigenvalue weighted by Crippen LogP contribution is 2.38. The molecule has 2 nitrogen and oxygen atoms in total. The van der Waals surface area contributed by atoms with E-state index in [1.54, 1.807) is 18.2 Å². The summed E-state index contributed by atoms with van der Waals surface area (Å²) in [5, 5.41) is 14.1. The zero-order chi connectivity index (χ0) is 13.0. The number of nitrogens with one attached hydrogen (secondary N) is 1. The molecule has 100 valence electrons. The van der Waals surface area contributed by atoms with Crippen LogP contribution in [0, 0.1) is 5.82 Å². The van der Waals surface area contributed by atoms with Crippen LogP contribution in [-0.4, -0.2) is 17.7 Å². The summed E-state index contributed by atoms with van der Waals surface area (Å²) in [6.07, 6.45) is 4.20. The first-order valence-electron chi connectivity index (χ1n) is 6.86. The van der Waals surface area contributed by atoms with Crippen LogP contribution in [0.3, 0.4) is 0 Å². The molecule has 18 heavy (non-hydrogen) atoms. The zero-order valence-corrected chi connectivity index (χ0v) is 11.0. The van der Waals surface area contributed by atoms with Crippen LogP contribution in [0.5, 0.6) is 0 Å². The lowest BCUT2D eigenvalue weighted by Crippen LogP contribution is -2.40. The van der Waals surface area contributed by atoms with Gasteiger partial charge in [-0.1, -0.05) is 25.1 Å². The third-order valence-corrected chi connectivity index (χ3v) is 3.87. The molecule has 0 aromatic heterocycles. The van der Waals surface area contributed by atoms with Crippen LogP contribution in [-0.2, 0) is 5.60 Å². The Hall–Kier alpha value is -0.930. The number of hydrogen-bond donors (Lipinski definition) is 2. The van der Waals surface area contributed by atoms with Gasteiger partial charge in [-0.25, -0.2) is 4.39 Å². The van der Waals surface area contributed by atoms with Gasteiger partial charge in [0, 0.05) is 11.6 Å². The van der Waals surface area contributed by atoms with E-state index < -0.39 is 5.60 Å². The van der Waals surface area contributed by atoms with E-state index in [0.717, 1.165) is 25.8 Å². The molecule has 0 aliphatic heterocycles. The van der Waals surface area contributed by atoms with Gasteiger partial charge < -0.3 is 10.4 Å². The van der Waals surface area contributed by atoms with E-state index in [-0.39, 0.29) is 5.82 Å². The molecule has 3 heteroatoms. The van der Waals surface area contributed by atoms with E-state index in [1.807, 2.05) is 0 Å². The Morgan fingerprint density at radius 1 is 1.33 bits per heavy atom. The molecule has 0 bridgehead atoms. The zero-order valence-electron chi connectivity index (χ0n) is 11.0. The van der Waals surface area contributed by atoms with Gasteiger partial charge in [0.2, 0.25) is 0 Å². The topological polar surface area (TPSA) is 32.3 Å². The average molecular weight is 251 g/mol. The molecule has 1 aromatic carbocycles. The highest BCUT2D eigenvalue weighted by Gasteiger charge is 2.36. The molecule has 0 unspecified atom stereocenters. The summed E-state index contributed by atoms with van der Waals surface area (Å²) < 4.78 is 13.7. The number of aliphatic hydroxyl groups is 1. The van der Waals surface area contributed by atoms with Gasteiger partial charge in [0.1, 0.15) is 5.82 Å². The molecule has 0 heterocycles. The largest absolute Gasteiger partial charge is 0.385 e. The van der Waals surface area contributed by atoms with Crippen molar-refractivity contribution >= 4 is 0 Å². The lowest BCUT2D eigenvalue weighted by molar-refractivity contribution is -0.0112. The van der Waals surface area contributed by atoms with Gasteiger partial charge in [0.05, 0.1) is 5.60 Å². The Morgan fingerprint density at radius 3 is 2.61 bits per heavy atom. The molecular formula is C15H22FNO. The average Bonchev–Trinajstić information content (AvgIpc) is 2.39. The Kier molecular flexibility index (Phi) is 4.36. The normalized spacial score (nSPS) is 28.3. The highest BCUT2D eigenvalue weighted by atomic mass is 19.1. The summed E-state index contributed by atoms with van der Waals surface area (Å²) in [5.41, 5.74) is -0.519. The number of benzene rings is 1. The first-order chi connectivity index (χ1) is 8.65. The molecule has 0 atom stereocenters. The second-order valence-corrected chi connectivity index (χ2v) is 5.24. The van der Waals surface area contributed by atoms with Gasteiger partial charge in [-0.05, 0) is 44.7 Å². The maximum Gasteiger partial charge on any atom is 0.129 e. The van der Waals surface area contributed by atoms with Crippen molar-refractivity contribution in [2.75, 3.05) is 6.54 Å². The predicted octanol–water partition coefficient (Wildman–Crippen LogP) is 2.96. The van der Waals surface area contributed by atoms with Crippen molar-refractivity contribution in [1.82, 2.24) is 5.32 Å². The maximum absolute atomic E-state index is 13.7. The van der Waals surface area contributed by atoms with Gasteiger partial charge in [-0.2, -0.15) is 0 Å². The molecule has 2 rings (SSSR count). The van der Waals surface area contributed by atoms with Crippen LogP contribution in [0.1, 0.15) is 44.6 Å². The van der Waals surface area contributed by atoms with Crippen molar-refractivity contribution in [1.29, 1.82) is 0 Å². The van der Waals surface area contributed by atoms with Crippen molar-refractivity contribution in [3.8, 4) is 0 Å². The minimum atomic E-state index is -0.976. The van der Waals surface area contributed by atoms with Crippen LogP contribution in [0.25, 0.3) is 0 Å². The molecule has 2 N–H and O–H groups in total. The van der Waals surface area contributed by atoms with E-state index >= 15 is 0 Å². The number of hydrogen-bond acceptors (Lipinski definition) is 2. The molecule has 1 fully saturated rings. The molecule has 0 radical (unpaired) electrons. The van der Waals surface area contributed by atoms with Crippen molar-refractivity contribution < 1.29 is 9.50 Å². The summed E-state index contributed by atoms with van der Waals surface area (Å²) in [5.74, 6) is -0.292. The van der Waals surface area contributed by atoms with Crippen molar-refractivity contribution in [3.63, 3.8) is 0 Å². The summed E-state index contributed by atoms with van der Waals surface area (Å²) in [7, 11) is 0. The van der Waals surface area contributed by atoms with Crippen LogP contribution in [0.4, 0.5) is 4.39 Å². The fourth-order valence-electron chi connectivity index (χ4n) is 2.76. The molecule has 0 saturated heterocycles. The third kappa shape index (κ3) is 2.90. The number of rotatable bonds is 4. The van der Waals surface area contributed by atoms with Crippen LogP contribution < -0.4 is 5.32 Å². The van der Waals surface area contributed by atoms with Gasteiger partial charge in [0.25, 0.3) is 0 Å². The monoisotopic (exact) mass is 251 g/mol. The van der Waals surface area contributed by atoms with E-state index in [4.69, 9.17) is 0 Å². The van der Waals surface area contributed by atoms with Gasteiger partial charge in [-0.3, -0.25) is 0 Å². The molecule has 1 saturated carbocycles. The summed E-state index contributed by atoms with van der Waals surface area (Å²) >= 11 is 0. The SMILES string of the molecule is CCCNC1CCC(O)(c2ccccc2F)CC1. The van der Waals surface area contributed by atoms with Gasteiger partial charge in [0.15, 0.2) is 0 Å². The van der Waals surface area contributed by atoms with E-state index in [1.165, 1.54) is 6.07 Å². The van der Waals surface area contributed by atoms with Crippen LogP contribution >= 0.6 is 0 Å². The molecule has 1 aliphatic rings. The first kappa shape index (κ1) is 13.5. The van der Waals surface area contributed by atoms with Crippen molar-refractivity contribution in [2.24, 2.45) is 0 Å². The number of halogens is 1. The Bertz CT molecular complexity index is 386. The van der Waals surface area contributed by atoms with E-state index in [9.17, 15) is 9.50 Å². The quantitative estimate of drug-likeness (QED) is 0.862. The molecule has 0 spiro atoms. The Balaban J connectivity index is 2.01. The van der Waals surface area contributed by atoms with E-state index in [0.29, 0.717) is 24.4 Å². The maximum atomic E-state index is 13.7. The lowest BCUT2D eigenvalue weighted by atomic mass is 9.77. The fourth-order valence-corrected chi connectivity index (χ4v) is 2.76. The smallest absolute Gasteiger partial charge is 0.129 e. The summed E-state index contributed by atoms with van der Waals surface area (Å²) in [4.78, 5) is 0. The van der Waals surface area contributed by atoms with E-state index in [2.05, 4.69) is 12.2 Å². The lowest BCUT2D eigenvalue weighted by Gasteiger charge is -2.37. The molecule has 1 aliphatic carbocycles. The second kappa shape index (κ2) is 5.81. The molecular weight excluding hydrogens is 229 g/mol. The minimum Gasteiger partial charge on any atom is -0.385 e. The minimum absolute atomic E-state index is 0.292. The van der Waals surface area contributed by atoms with Crippen molar-refractivity contribution in [3.05, 3.63) is 35.6 Å². The van der Waals surface area contributed by atoms with Crippen molar-refractivity contribution in [2.45, 2.75) is 50.7 Å². The summed E-state index contributed by atoms with van der Waals surface area (Å²) in [6, 6.07) is 7.05. The standard InChI is InChI=1S/C15H22FNO/c1-2-11-17-12-7-9-15(18,10-8-12)13-5-3-4-6-14(13)16/h3-6,12,17-18H,2,7-11H2,1H3. The molecule has 0 amide bonds.